The molecule has 0 saturated carbocycles. The van der Waals surface area contributed by atoms with Crippen molar-refractivity contribution in [3.63, 3.8) is 0 Å². The predicted octanol–water partition coefficient (Wildman–Crippen LogP) is 2.12. The van der Waals surface area contributed by atoms with E-state index < -0.39 is 0 Å². The van der Waals surface area contributed by atoms with Crippen LogP contribution in [0.3, 0.4) is 0 Å². The van der Waals surface area contributed by atoms with Crippen LogP contribution in [0.5, 0.6) is 0 Å². The predicted molar refractivity (Wildman–Crippen MR) is 74.8 cm³/mol. The van der Waals surface area contributed by atoms with Crippen molar-refractivity contribution in [1.82, 2.24) is 20.4 Å². The van der Waals surface area contributed by atoms with Crippen molar-refractivity contribution in [3.8, 4) is 0 Å². The van der Waals surface area contributed by atoms with Crippen molar-refractivity contribution < 1.29 is 4.52 Å². The van der Waals surface area contributed by atoms with Crippen LogP contribution in [-0.2, 0) is 6.54 Å². The Morgan fingerprint density at radius 2 is 2.16 bits per heavy atom. The van der Waals surface area contributed by atoms with Crippen LogP contribution >= 0.6 is 0 Å². The van der Waals surface area contributed by atoms with Crippen molar-refractivity contribution in [2.24, 2.45) is 0 Å². The van der Waals surface area contributed by atoms with Gasteiger partial charge < -0.3 is 9.84 Å². The van der Waals surface area contributed by atoms with Gasteiger partial charge in [0.15, 0.2) is 5.82 Å². The molecule has 1 aromatic rings. The molecule has 1 aliphatic heterocycles. The maximum absolute atomic E-state index is 5.24. The van der Waals surface area contributed by atoms with Crippen LogP contribution in [0.1, 0.15) is 51.7 Å². The maximum Gasteiger partial charge on any atom is 0.240 e. The van der Waals surface area contributed by atoms with Crippen LogP contribution < -0.4 is 5.32 Å². The summed E-state index contributed by atoms with van der Waals surface area (Å²) in [4.78, 5) is 6.78. The topological polar surface area (TPSA) is 54.2 Å². The highest BCUT2D eigenvalue weighted by atomic mass is 16.5. The Labute approximate surface area is 115 Å². The lowest BCUT2D eigenvalue weighted by Gasteiger charge is -2.36. The largest absolute Gasteiger partial charge is 0.338 e. The van der Waals surface area contributed by atoms with Gasteiger partial charge in [0, 0.05) is 18.1 Å². The first-order valence-electron chi connectivity index (χ1n) is 7.22. The van der Waals surface area contributed by atoms with E-state index in [1.165, 1.54) is 19.3 Å². The molecule has 1 fully saturated rings. The van der Waals surface area contributed by atoms with Gasteiger partial charge in [0.05, 0.1) is 6.54 Å². The van der Waals surface area contributed by atoms with Gasteiger partial charge in [-0.1, -0.05) is 11.6 Å². The molecule has 0 aliphatic carbocycles. The normalized spacial score (nSPS) is 21.8. The van der Waals surface area contributed by atoms with Gasteiger partial charge >= 0.3 is 0 Å². The molecule has 5 heteroatoms. The molecule has 1 aliphatic rings. The summed E-state index contributed by atoms with van der Waals surface area (Å²) in [5.41, 5.74) is 0.171. The van der Waals surface area contributed by atoms with E-state index in [4.69, 9.17) is 4.52 Å². The number of nitrogens with one attached hydrogen (secondary N) is 1. The summed E-state index contributed by atoms with van der Waals surface area (Å²) in [6.45, 7) is 11.4. The fraction of sp³-hybridized carbons (Fsp3) is 0.857. The lowest BCUT2D eigenvalue weighted by Crippen LogP contribution is -2.49. The number of piperidine rings is 1. The summed E-state index contributed by atoms with van der Waals surface area (Å²) < 4.78 is 5.24. The third kappa shape index (κ3) is 4.58. The highest BCUT2D eigenvalue weighted by Crippen LogP contribution is 2.19. The average Bonchev–Trinajstić information content (AvgIpc) is 2.73. The molecule has 5 nitrogen and oxygen atoms in total. The van der Waals surface area contributed by atoms with Crippen LogP contribution in [-0.4, -0.2) is 39.7 Å². The molecule has 19 heavy (non-hydrogen) atoms. The highest BCUT2D eigenvalue weighted by molar-refractivity contribution is 4.87. The first-order chi connectivity index (χ1) is 8.94. The Morgan fingerprint density at radius 1 is 1.37 bits per heavy atom. The standard InChI is InChI=1S/C14H26N4O/c1-11-16-13(19-17-11)10-18-8-6-5-7-12(18)9-15-14(2,3)4/h12,15H,5-10H2,1-4H3. The van der Waals surface area contributed by atoms with Crippen molar-refractivity contribution in [2.75, 3.05) is 13.1 Å². The SMILES string of the molecule is Cc1noc(CN2CCCCC2CNC(C)(C)C)n1. The number of hydrogen-bond acceptors (Lipinski definition) is 5. The highest BCUT2D eigenvalue weighted by Gasteiger charge is 2.25. The van der Waals surface area contributed by atoms with Crippen molar-refractivity contribution in [1.29, 1.82) is 0 Å². The zero-order chi connectivity index (χ0) is 13.9. The number of hydrogen-bond donors (Lipinski definition) is 1. The average molecular weight is 266 g/mol. The minimum atomic E-state index is 0.171. The van der Waals surface area contributed by atoms with Gasteiger partial charge in [-0.25, -0.2) is 0 Å². The molecule has 1 saturated heterocycles. The lowest BCUT2D eigenvalue weighted by molar-refractivity contribution is 0.116. The second-order valence-corrected chi connectivity index (χ2v) is 6.49. The zero-order valence-electron chi connectivity index (χ0n) is 12.6. The Morgan fingerprint density at radius 3 is 2.79 bits per heavy atom. The molecule has 1 atom stereocenters. The lowest BCUT2D eigenvalue weighted by atomic mass is 10.0. The van der Waals surface area contributed by atoms with Crippen LogP contribution in [0.2, 0.25) is 0 Å². The van der Waals surface area contributed by atoms with Crippen LogP contribution in [0.25, 0.3) is 0 Å². The number of likely N-dealkylation sites (tertiary alicyclic amines) is 1. The molecule has 2 heterocycles. The van der Waals surface area contributed by atoms with Crippen LogP contribution in [0.15, 0.2) is 4.52 Å². The van der Waals surface area contributed by atoms with Gasteiger partial charge in [-0.3, -0.25) is 4.90 Å². The molecule has 0 amide bonds. The van der Waals surface area contributed by atoms with Crippen molar-refractivity contribution in [2.45, 2.75) is 65.1 Å². The Kier molecular flexibility index (Phi) is 4.58. The van der Waals surface area contributed by atoms with E-state index in [2.05, 4.69) is 41.1 Å². The minimum absolute atomic E-state index is 0.171. The van der Waals surface area contributed by atoms with Gasteiger partial charge in [-0.05, 0) is 47.1 Å². The summed E-state index contributed by atoms with van der Waals surface area (Å²) in [5, 5.41) is 7.47. The van der Waals surface area contributed by atoms with E-state index in [0.717, 1.165) is 31.3 Å². The van der Waals surface area contributed by atoms with E-state index in [-0.39, 0.29) is 5.54 Å². The van der Waals surface area contributed by atoms with E-state index in [0.29, 0.717) is 6.04 Å². The van der Waals surface area contributed by atoms with Gasteiger partial charge in [0.1, 0.15) is 0 Å². The number of aromatic nitrogens is 2. The quantitative estimate of drug-likeness (QED) is 0.904. The third-order valence-electron chi connectivity index (χ3n) is 3.53. The van der Waals surface area contributed by atoms with Gasteiger partial charge in [-0.2, -0.15) is 4.98 Å². The summed E-state index contributed by atoms with van der Waals surface area (Å²) in [6, 6.07) is 0.570. The molecule has 1 N–H and O–H groups in total. The van der Waals surface area contributed by atoms with Gasteiger partial charge in [-0.15, -0.1) is 0 Å². The summed E-state index contributed by atoms with van der Waals surface area (Å²) in [5.74, 6) is 1.46. The monoisotopic (exact) mass is 266 g/mol. The van der Waals surface area contributed by atoms with Crippen LogP contribution in [0.4, 0.5) is 0 Å². The van der Waals surface area contributed by atoms with E-state index >= 15 is 0 Å². The molecule has 1 aromatic heterocycles. The minimum Gasteiger partial charge on any atom is -0.338 e. The van der Waals surface area contributed by atoms with E-state index in [1.54, 1.807) is 0 Å². The van der Waals surface area contributed by atoms with E-state index in [1.807, 2.05) is 6.92 Å². The van der Waals surface area contributed by atoms with Crippen LogP contribution in [0, 0.1) is 6.92 Å². The summed E-state index contributed by atoms with van der Waals surface area (Å²) in [7, 11) is 0. The Hall–Kier alpha value is -0.940. The molecule has 2 rings (SSSR count). The molecule has 1 unspecified atom stereocenters. The second-order valence-electron chi connectivity index (χ2n) is 6.49. The number of rotatable bonds is 4. The second kappa shape index (κ2) is 6.01. The maximum atomic E-state index is 5.24. The molecule has 108 valence electrons. The summed E-state index contributed by atoms with van der Waals surface area (Å²) in [6.07, 6.45) is 3.82. The molecular weight excluding hydrogens is 240 g/mol. The molecule has 0 bridgehead atoms. The first kappa shape index (κ1) is 14.5. The van der Waals surface area contributed by atoms with E-state index in [9.17, 15) is 0 Å². The molecule has 0 spiro atoms. The fourth-order valence-electron chi connectivity index (χ4n) is 2.50. The van der Waals surface area contributed by atoms with Crippen molar-refractivity contribution >= 4 is 0 Å². The Balaban J connectivity index is 1.92. The molecule has 0 radical (unpaired) electrons. The number of aryl methyl sites for hydroxylation is 1. The summed E-state index contributed by atoms with van der Waals surface area (Å²) >= 11 is 0. The fourth-order valence-corrected chi connectivity index (χ4v) is 2.50. The number of nitrogens with zero attached hydrogens (tertiary/aromatic N) is 3. The van der Waals surface area contributed by atoms with Crippen molar-refractivity contribution in [3.05, 3.63) is 11.7 Å². The smallest absolute Gasteiger partial charge is 0.240 e. The third-order valence-corrected chi connectivity index (χ3v) is 3.53. The molecule has 0 aromatic carbocycles. The zero-order valence-corrected chi connectivity index (χ0v) is 12.6. The van der Waals surface area contributed by atoms with Gasteiger partial charge in [0.25, 0.3) is 0 Å². The van der Waals surface area contributed by atoms with Gasteiger partial charge in [0.2, 0.25) is 5.89 Å². The first-order valence-corrected chi connectivity index (χ1v) is 7.22. The molecular formula is C14H26N4O. The Bertz CT molecular complexity index is 396.